The van der Waals surface area contributed by atoms with E-state index in [1.807, 2.05) is 0 Å². The van der Waals surface area contributed by atoms with E-state index >= 15 is 0 Å². The summed E-state index contributed by atoms with van der Waals surface area (Å²) in [5.74, 6) is -0.951. The summed E-state index contributed by atoms with van der Waals surface area (Å²) in [7, 11) is 2.42. The molecule has 0 saturated carbocycles. The van der Waals surface area contributed by atoms with E-state index in [-0.39, 0.29) is 16.8 Å². The summed E-state index contributed by atoms with van der Waals surface area (Å²) < 4.78 is 14.3. The van der Waals surface area contributed by atoms with Crippen molar-refractivity contribution in [1.29, 1.82) is 0 Å². The van der Waals surface area contributed by atoms with Gasteiger partial charge in [-0.2, -0.15) is 0 Å². The number of carbonyl (C=O) groups excluding carboxylic acids is 3. The van der Waals surface area contributed by atoms with Crippen LogP contribution in [-0.2, 0) is 9.47 Å². The Hall–Kier alpha value is -3.35. The molecule has 0 aliphatic rings. The van der Waals surface area contributed by atoms with Crippen molar-refractivity contribution in [2.24, 2.45) is 0 Å². The number of rotatable bonds is 4. The zero-order chi connectivity index (χ0) is 17.5. The van der Waals surface area contributed by atoms with Gasteiger partial charge in [-0.1, -0.05) is 18.2 Å². The summed E-state index contributed by atoms with van der Waals surface area (Å²) in [5, 5.41) is 2.45. The molecule has 0 aliphatic heterocycles. The molecule has 0 heterocycles. The van der Waals surface area contributed by atoms with Gasteiger partial charge in [0.1, 0.15) is 5.75 Å². The van der Waals surface area contributed by atoms with Gasteiger partial charge < -0.3 is 14.2 Å². The largest absolute Gasteiger partial charge is 0.465 e. The number of para-hydroxylation sites is 1. The lowest BCUT2D eigenvalue weighted by Crippen LogP contribution is -2.18. The highest BCUT2D eigenvalue weighted by Crippen LogP contribution is 2.18. The minimum atomic E-state index is -0.765. The average Bonchev–Trinajstić information content (AvgIpc) is 2.60. The van der Waals surface area contributed by atoms with Crippen LogP contribution < -0.4 is 10.1 Å². The minimum Gasteiger partial charge on any atom is -0.465 e. The second kappa shape index (κ2) is 7.77. The van der Waals surface area contributed by atoms with E-state index in [0.717, 1.165) is 0 Å². The molecule has 0 unspecified atom stereocenters. The molecule has 0 spiro atoms. The Labute approximate surface area is 138 Å². The van der Waals surface area contributed by atoms with E-state index in [2.05, 4.69) is 14.8 Å². The molecule has 7 heteroatoms. The van der Waals surface area contributed by atoms with Crippen LogP contribution in [0.25, 0.3) is 0 Å². The molecule has 1 amide bonds. The minimum absolute atomic E-state index is 0.0930. The number of hydrogen-bond acceptors (Lipinski definition) is 6. The predicted molar refractivity (Wildman–Crippen MR) is 85.2 cm³/mol. The van der Waals surface area contributed by atoms with E-state index in [0.29, 0.717) is 5.75 Å². The third-order valence-corrected chi connectivity index (χ3v) is 2.98. The van der Waals surface area contributed by atoms with Crippen molar-refractivity contribution in [3.05, 3.63) is 59.7 Å². The molecule has 0 fully saturated rings. The topological polar surface area (TPSA) is 90.9 Å². The summed E-state index contributed by atoms with van der Waals surface area (Å²) in [6.07, 6.45) is -0.765. The number of esters is 2. The van der Waals surface area contributed by atoms with Gasteiger partial charge in [0.2, 0.25) is 0 Å². The van der Waals surface area contributed by atoms with Crippen molar-refractivity contribution in [3.8, 4) is 5.75 Å². The van der Waals surface area contributed by atoms with Gasteiger partial charge in [-0.3, -0.25) is 5.32 Å². The average molecular weight is 329 g/mol. The van der Waals surface area contributed by atoms with Crippen molar-refractivity contribution < 1.29 is 28.6 Å². The van der Waals surface area contributed by atoms with Crippen LogP contribution in [0.2, 0.25) is 0 Å². The zero-order valence-corrected chi connectivity index (χ0v) is 13.1. The highest BCUT2D eigenvalue weighted by Gasteiger charge is 2.15. The van der Waals surface area contributed by atoms with Crippen LogP contribution in [0.4, 0.5) is 10.5 Å². The van der Waals surface area contributed by atoms with E-state index in [4.69, 9.17) is 4.74 Å². The third kappa shape index (κ3) is 4.33. The highest BCUT2D eigenvalue weighted by molar-refractivity contribution is 5.98. The lowest BCUT2D eigenvalue weighted by atomic mass is 10.1. The summed E-state index contributed by atoms with van der Waals surface area (Å²) in [6, 6.07) is 12.5. The lowest BCUT2D eigenvalue weighted by Gasteiger charge is -2.10. The number of nitrogens with one attached hydrogen (secondary N) is 1. The molecule has 0 saturated heterocycles. The molecule has 0 atom stereocenters. The second-order valence-electron chi connectivity index (χ2n) is 4.61. The van der Waals surface area contributed by atoms with Gasteiger partial charge in [0.05, 0.1) is 25.3 Å². The van der Waals surface area contributed by atoms with Gasteiger partial charge in [-0.05, 0) is 30.3 Å². The molecule has 1 N–H and O–H groups in total. The van der Waals surface area contributed by atoms with Crippen LogP contribution in [0.3, 0.4) is 0 Å². The van der Waals surface area contributed by atoms with Crippen molar-refractivity contribution in [2.75, 3.05) is 19.5 Å². The van der Waals surface area contributed by atoms with Gasteiger partial charge in [-0.15, -0.1) is 0 Å². The SMILES string of the molecule is COC(=O)c1cc(NC(=O)Oc2ccccc2)cc(C(=O)OC)c1. The summed E-state index contributed by atoms with van der Waals surface area (Å²) in [5.41, 5.74) is 0.380. The molecule has 2 aromatic rings. The van der Waals surface area contributed by atoms with Crippen molar-refractivity contribution in [1.82, 2.24) is 0 Å². The van der Waals surface area contributed by atoms with Crippen LogP contribution in [0, 0.1) is 0 Å². The molecule has 7 nitrogen and oxygen atoms in total. The number of methoxy groups -OCH3 is 2. The Balaban J connectivity index is 2.23. The maximum absolute atomic E-state index is 11.9. The van der Waals surface area contributed by atoms with Crippen molar-refractivity contribution in [3.63, 3.8) is 0 Å². The van der Waals surface area contributed by atoms with Crippen molar-refractivity contribution >= 4 is 23.7 Å². The molecule has 2 rings (SSSR count). The third-order valence-electron chi connectivity index (χ3n) is 2.98. The maximum atomic E-state index is 11.9. The summed E-state index contributed by atoms with van der Waals surface area (Å²) in [4.78, 5) is 35.3. The van der Waals surface area contributed by atoms with Crippen LogP contribution in [0.1, 0.15) is 20.7 Å². The van der Waals surface area contributed by atoms with Gasteiger partial charge in [0.25, 0.3) is 0 Å². The molecule has 0 aromatic heterocycles. The van der Waals surface area contributed by atoms with E-state index < -0.39 is 18.0 Å². The number of carbonyl (C=O) groups is 3. The van der Waals surface area contributed by atoms with Gasteiger partial charge in [0.15, 0.2) is 0 Å². The highest BCUT2D eigenvalue weighted by atomic mass is 16.6. The first-order valence-electron chi connectivity index (χ1n) is 6.89. The fourth-order valence-corrected chi connectivity index (χ4v) is 1.91. The molecule has 0 aliphatic carbocycles. The van der Waals surface area contributed by atoms with Crippen LogP contribution >= 0.6 is 0 Å². The Morgan fingerprint density at radius 1 is 0.833 bits per heavy atom. The van der Waals surface area contributed by atoms with Gasteiger partial charge in [0, 0.05) is 5.69 Å². The first-order valence-corrected chi connectivity index (χ1v) is 6.89. The number of ether oxygens (including phenoxy) is 3. The smallest absolute Gasteiger partial charge is 0.417 e. The van der Waals surface area contributed by atoms with Crippen LogP contribution in [0.15, 0.2) is 48.5 Å². The van der Waals surface area contributed by atoms with Gasteiger partial charge >= 0.3 is 18.0 Å². The molecular formula is C17H15NO6. The number of amides is 1. The summed E-state index contributed by atoms with van der Waals surface area (Å²) in [6.45, 7) is 0. The van der Waals surface area contributed by atoms with Crippen LogP contribution in [-0.4, -0.2) is 32.3 Å². The Kier molecular flexibility index (Phi) is 5.51. The van der Waals surface area contributed by atoms with Gasteiger partial charge in [-0.25, -0.2) is 14.4 Å². The van der Waals surface area contributed by atoms with Crippen molar-refractivity contribution in [2.45, 2.75) is 0 Å². The molecule has 0 bridgehead atoms. The zero-order valence-electron chi connectivity index (χ0n) is 13.1. The first-order chi connectivity index (χ1) is 11.5. The predicted octanol–water partition coefficient (Wildman–Crippen LogP) is 2.87. The lowest BCUT2D eigenvalue weighted by molar-refractivity contribution is 0.0599. The molecule has 2 aromatic carbocycles. The molecular weight excluding hydrogens is 314 g/mol. The monoisotopic (exact) mass is 329 g/mol. The Bertz CT molecular complexity index is 723. The van der Waals surface area contributed by atoms with E-state index in [1.54, 1.807) is 30.3 Å². The second-order valence-corrected chi connectivity index (χ2v) is 4.61. The van der Waals surface area contributed by atoms with Crippen LogP contribution in [0.5, 0.6) is 5.75 Å². The Morgan fingerprint density at radius 3 is 1.88 bits per heavy atom. The molecule has 124 valence electrons. The quantitative estimate of drug-likeness (QED) is 0.867. The molecule has 0 radical (unpaired) electrons. The maximum Gasteiger partial charge on any atom is 0.417 e. The fraction of sp³-hybridized carbons (Fsp3) is 0.118. The number of anilines is 1. The normalized spacial score (nSPS) is 9.75. The number of benzene rings is 2. The van der Waals surface area contributed by atoms with E-state index in [9.17, 15) is 14.4 Å². The first kappa shape index (κ1) is 17.0. The standard InChI is InChI=1S/C17H15NO6/c1-22-15(19)11-8-12(16(20)23-2)10-13(9-11)18-17(21)24-14-6-4-3-5-7-14/h3-10H,1-2H3,(H,18,21). The number of hydrogen-bond donors (Lipinski definition) is 1. The van der Waals surface area contributed by atoms with E-state index in [1.165, 1.54) is 32.4 Å². The fourth-order valence-electron chi connectivity index (χ4n) is 1.91. The summed E-state index contributed by atoms with van der Waals surface area (Å²) >= 11 is 0. The molecule has 24 heavy (non-hydrogen) atoms. The Morgan fingerprint density at radius 2 is 1.38 bits per heavy atom.